The van der Waals surface area contributed by atoms with E-state index in [2.05, 4.69) is 4.90 Å². The molecule has 2 heterocycles. The first-order valence-corrected chi connectivity index (χ1v) is 10.2. The van der Waals surface area contributed by atoms with E-state index in [1.165, 1.54) is 11.8 Å². The second kappa shape index (κ2) is 8.20. The smallest absolute Gasteiger partial charge is 0.187 e. The average Bonchev–Trinajstić information content (AvgIpc) is 2.59. The van der Waals surface area contributed by atoms with Crippen LogP contribution in [0.25, 0.3) is 0 Å². The van der Waals surface area contributed by atoms with Crippen molar-refractivity contribution in [2.45, 2.75) is 4.75 Å². The lowest BCUT2D eigenvalue weighted by Crippen LogP contribution is -2.55. The summed E-state index contributed by atoms with van der Waals surface area (Å²) in [5.41, 5.74) is 0.413. The van der Waals surface area contributed by atoms with Crippen LogP contribution in [0.3, 0.4) is 0 Å². The summed E-state index contributed by atoms with van der Waals surface area (Å²) in [5, 5.41) is 0.758. The first-order chi connectivity index (χ1) is 12.3. The fraction of sp³-hybridized carbons (Fsp3) is 0.529. The molecule has 1 fully saturated rings. The normalized spacial score (nSPS) is 23.3. The third-order valence-corrected chi connectivity index (χ3v) is 6.82. The molecule has 0 aliphatic carbocycles. The van der Waals surface area contributed by atoms with E-state index < -0.39 is 4.75 Å². The Hall–Kier alpha value is -0.570. The van der Waals surface area contributed by atoms with E-state index in [0.717, 1.165) is 13.1 Å². The van der Waals surface area contributed by atoms with Crippen molar-refractivity contribution in [1.82, 2.24) is 9.80 Å². The summed E-state index contributed by atoms with van der Waals surface area (Å²) >= 11 is 19.2. The number of hydrogen-bond donors (Lipinski definition) is 0. The van der Waals surface area contributed by atoms with Crippen LogP contribution in [0.5, 0.6) is 5.75 Å². The number of ketones is 1. The van der Waals surface area contributed by atoms with Crippen molar-refractivity contribution in [3.63, 3.8) is 0 Å². The van der Waals surface area contributed by atoms with Crippen LogP contribution in [0.2, 0.25) is 10.0 Å². The Morgan fingerprint density at radius 2 is 2.04 bits per heavy atom. The Bertz CT molecular complexity index is 726. The van der Waals surface area contributed by atoms with Gasteiger partial charge in [-0.05, 0) is 12.1 Å². The molecule has 1 aromatic carbocycles. The molecule has 9 heteroatoms. The van der Waals surface area contributed by atoms with Crippen LogP contribution in [0, 0.1) is 0 Å². The van der Waals surface area contributed by atoms with Gasteiger partial charge in [0.2, 0.25) is 0 Å². The largest absolute Gasteiger partial charge is 0.489 e. The highest BCUT2D eigenvalue weighted by atomic mass is 35.5. The number of morpholine rings is 1. The second-order valence-corrected chi connectivity index (χ2v) is 9.39. The van der Waals surface area contributed by atoms with Crippen molar-refractivity contribution in [2.24, 2.45) is 0 Å². The zero-order chi connectivity index (χ0) is 18.9. The molecule has 0 spiro atoms. The van der Waals surface area contributed by atoms with Crippen molar-refractivity contribution >= 4 is 57.3 Å². The second-order valence-electron chi connectivity index (χ2n) is 6.53. The van der Waals surface area contributed by atoms with Crippen LogP contribution in [0.4, 0.5) is 0 Å². The third kappa shape index (κ3) is 4.13. The molecule has 0 aromatic heterocycles. The van der Waals surface area contributed by atoms with E-state index in [-0.39, 0.29) is 12.4 Å². The number of fused-ring (bicyclic) bond motifs is 1. The molecule has 142 valence electrons. The number of thiocarbonyl (C=S) groups is 1. The van der Waals surface area contributed by atoms with Gasteiger partial charge in [0.25, 0.3) is 0 Å². The van der Waals surface area contributed by atoms with Crippen molar-refractivity contribution in [2.75, 3.05) is 53.6 Å². The summed E-state index contributed by atoms with van der Waals surface area (Å²) in [6, 6.07) is 3.21. The number of carbonyl (C=O) groups excluding carboxylic acids is 1. The van der Waals surface area contributed by atoms with Crippen LogP contribution in [-0.2, 0) is 4.74 Å². The van der Waals surface area contributed by atoms with Crippen molar-refractivity contribution in [3.8, 4) is 5.75 Å². The minimum Gasteiger partial charge on any atom is -0.489 e. The number of ether oxygens (including phenoxy) is 2. The quantitative estimate of drug-likeness (QED) is 0.676. The number of benzene rings is 1. The van der Waals surface area contributed by atoms with Crippen molar-refractivity contribution in [1.29, 1.82) is 0 Å². The average molecular weight is 435 g/mol. The van der Waals surface area contributed by atoms with Gasteiger partial charge in [-0.15, -0.1) is 0 Å². The van der Waals surface area contributed by atoms with Gasteiger partial charge in [-0.3, -0.25) is 9.69 Å². The first-order valence-electron chi connectivity index (χ1n) is 8.19. The SMILES string of the molecule is CN(C)C(=S)SC1(CN2CCOCC2)COc2c(Cl)cc(Cl)cc2C1=O. The standard InChI is InChI=1S/C17H20Cl2N2O3S2/c1-20(2)16(25)26-17(9-21-3-5-23-6-4-21)10-24-14-12(15(17)22)7-11(18)8-13(14)19/h7-8H,3-6,9-10H2,1-2H3. The van der Waals surface area contributed by atoms with Crippen molar-refractivity contribution < 1.29 is 14.3 Å². The van der Waals surface area contributed by atoms with Crippen LogP contribution in [0.1, 0.15) is 10.4 Å². The third-order valence-electron chi connectivity index (χ3n) is 4.35. The van der Waals surface area contributed by atoms with Gasteiger partial charge in [0.05, 0.1) is 23.8 Å². The molecule has 0 amide bonds. The molecule has 1 aromatic rings. The van der Waals surface area contributed by atoms with Crippen LogP contribution in [-0.4, -0.2) is 78.2 Å². The van der Waals surface area contributed by atoms with Gasteiger partial charge in [0, 0.05) is 38.8 Å². The summed E-state index contributed by atoms with van der Waals surface area (Å²) in [4.78, 5) is 17.6. The molecule has 1 saturated heterocycles. The number of thioether (sulfide) groups is 1. The summed E-state index contributed by atoms with van der Waals surface area (Å²) < 4.78 is 11.2. The molecule has 2 aliphatic heterocycles. The van der Waals surface area contributed by atoms with Crippen LogP contribution in [0.15, 0.2) is 12.1 Å². The van der Waals surface area contributed by atoms with E-state index in [1.54, 1.807) is 12.1 Å². The summed E-state index contributed by atoms with van der Waals surface area (Å²) in [6.07, 6.45) is 0. The molecular formula is C17H20Cl2N2O3S2. The highest BCUT2D eigenvalue weighted by molar-refractivity contribution is 8.24. The Morgan fingerprint density at radius 1 is 1.35 bits per heavy atom. The molecule has 0 radical (unpaired) electrons. The lowest BCUT2D eigenvalue weighted by Gasteiger charge is -2.41. The molecule has 1 unspecified atom stereocenters. The number of carbonyl (C=O) groups is 1. The fourth-order valence-electron chi connectivity index (χ4n) is 2.98. The lowest BCUT2D eigenvalue weighted by atomic mass is 9.93. The number of rotatable bonds is 3. The summed E-state index contributed by atoms with van der Waals surface area (Å²) in [7, 11) is 3.74. The van der Waals surface area contributed by atoms with E-state index in [9.17, 15) is 4.79 Å². The molecular weight excluding hydrogens is 415 g/mol. The monoisotopic (exact) mass is 434 g/mol. The minimum absolute atomic E-state index is 0.0520. The molecule has 2 aliphatic rings. The maximum absolute atomic E-state index is 13.5. The number of hydrogen-bond acceptors (Lipinski definition) is 6. The van der Waals surface area contributed by atoms with Crippen molar-refractivity contribution in [3.05, 3.63) is 27.7 Å². The zero-order valence-corrected chi connectivity index (χ0v) is 17.7. The maximum atomic E-state index is 13.5. The molecule has 26 heavy (non-hydrogen) atoms. The Labute approximate surface area is 172 Å². The van der Waals surface area contributed by atoms with E-state index >= 15 is 0 Å². The van der Waals surface area contributed by atoms with Gasteiger partial charge < -0.3 is 14.4 Å². The molecule has 0 bridgehead atoms. The molecule has 3 rings (SSSR count). The first kappa shape index (κ1) is 20.2. The van der Waals surface area contributed by atoms with Crippen LogP contribution < -0.4 is 4.74 Å². The Balaban J connectivity index is 1.97. The number of nitrogens with zero attached hydrogens (tertiary/aromatic N) is 2. The predicted octanol–water partition coefficient (Wildman–Crippen LogP) is 3.22. The zero-order valence-electron chi connectivity index (χ0n) is 14.6. The summed E-state index contributed by atoms with van der Waals surface area (Å²) in [5.74, 6) is 0.346. The summed E-state index contributed by atoms with van der Waals surface area (Å²) in [6.45, 7) is 3.58. The van der Waals surface area contributed by atoms with Gasteiger partial charge >= 0.3 is 0 Å². The predicted molar refractivity (Wildman–Crippen MR) is 110 cm³/mol. The lowest BCUT2D eigenvalue weighted by molar-refractivity contribution is 0.0288. The molecule has 0 saturated carbocycles. The maximum Gasteiger partial charge on any atom is 0.187 e. The van der Waals surface area contributed by atoms with E-state index in [0.29, 0.717) is 45.4 Å². The van der Waals surface area contributed by atoms with E-state index in [4.69, 9.17) is 44.9 Å². The highest BCUT2D eigenvalue weighted by Crippen LogP contribution is 2.43. The Kier molecular flexibility index (Phi) is 6.37. The molecule has 5 nitrogen and oxygen atoms in total. The van der Waals surface area contributed by atoms with Gasteiger partial charge in [-0.2, -0.15) is 0 Å². The van der Waals surface area contributed by atoms with Gasteiger partial charge in [-0.1, -0.05) is 47.2 Å². The highest BCUT2D eigenvalue weighted by Gasteiger charge is 2.48. The van der Waals surface area contributed by atoms with E-state index in [1.807, 2.05) is 19.0 Å². The van der Waals surface area contributed by atoms with Gasteiger partial charge in [0.1, 0.15) is 21.4 Å². The molecule has 1 atom stereocenters. The van der Waals surface area contributed by atoms with Gasteiger partial charge in [-0.25, -0.2) is 0 Å². The number of halogens is 2. The van der Waals surface area contributed by atoms with Crippen LogP contribution >= 0.6 is 47.2 Å². The minimum atomic E-state index is -0.848. The number of Topliss-reactive ketones (excluding diaryl/α,β-unsaturated/α-hetero) is 1. The Morgan fingerprint density at radius 3 is 2.69 bits per heavy atom. The van der Waals surface area contributed by atoms with Gasteiger partial charge in [0.15, 0.2) is 5.78 Å². The topological polar surface area (TPSA) is 42.0 Å². The fourth-order valence-corrected chi connectivity index (χ4v) is 5.09. The molecule has 0 N–H and O–H groups in total.